The topological polar surface area (TPSA) is 69.4 Å². The minimum Gasteiger partial charge on any atom is -0.465 e. The fourth-order valence-corrected chi connectivity index (χ4v) is 1.60. The number of hydrogen-bond donors (Lipinski definition) is 0. The minimum atomic E-state index is -0.726. The van der Waals surface area contributed by atoms with E-state index in [-0.39, 0.29) is 17.1 Å². The van der Waals surface area contributed by atoms with Crippen molar-refractivity contribution >= 4 is 23.3 Å². The van der Waals surface area contributed by atoms with Crippen LogP contribution in [0.1, 0.15) is 21.5 Å². The maximum absolute atomic E-state index is 11.3. The molecule has 0 amide bonds. The molecule has 1 rings (SSSR count). The summed E-state index contributed by atoms with van der Waals surface area (Å²) in [7, 11) is 1.18. The van der Waals surface area contributed by atoms with E-state index < -0.39 is 10.9 Å². The van der Waals surface area contributed by atoms with Gasteiger partial charge in [0.25, 0.3) is 5.69 Å². The number of carbonyl (C=O) groups is 1. The highest BCUT2D eigenvalue weighted by molar-refractivity contribution is 6.17. The van der Waals surface area contributed by atoms with Crippen LogP contribution in [-0.4, -0.2) is 18.0 Å². The summed E-state index contributed by atoms with van der Waals surface area (Å²) >= 11 is 5.64. The molecule has 0 saturated carbocycles. The SMILES string of the molecule is COC(=O)c1cc(C)c(CCl)cc1[N+](=O)[O-]. The number of ether oxygens (including phenoxy) is 1. The fourth-order valence-electron chi connectivity index (χ4n) is 1.31. The third-order valence-corrected chi connectivity index (χ3v) is 2.49. The van der Waals surface area contributed by atoms with E-state index in [9.17, 15) is 14.9 Å². The van der Waals surface area contributed by atoms with E-state index in [4.69, 9.17) is 11.6 Å². The number of halogens is 1. The molecule has 0 unspecified atom stereocenters. The maximum Gasteiger partial charge on any atom is 0.344 e. The molecular weight excluding hydrogens is 234 g/mol. The zero-order chi connectivity index (χ0) is 12.3. The molecule has 1 aromatic rings. The normalized spacial score (nSPS) is 9.94. The van der Waals surface area contributed by atoms with E-state index in [0.717, 1.165) is 5.56 Å². The van der Waals surface area contributed by atoms with Crippen molar-refractivity contribution in [3.8, 4) is 0 Å². The highest BCUT2D eigenvalue weighted by atomic mass is 35.5. The number of hydrogen-bond acceptors (Lipinski definition) is 4. The van der Waals surface area contributed by atoms with Crippen molar-refractivity contribution in [1.29, 1.82) is 0 Å². The molecule has 0 N–H and O–H groups in total. The standard InChI is InChI=1S/C10H10ClNO4/c1-6-3-8(10(13)16-2)9(12(14)15)4-7(6)5-11/h3-4H,5H2,1-2H3. The number of carbonyl (C=O) groups excluding carboxylic acids is 1. The Morgan fingerprint density at radius 1 is 1.56 bits per heavy atom. The molecule has 0 aromatic heterocycles. The molecule has 86 valence electrons. The number of aryl methyl sites for hydroxylation is 1. The summed E-state index contributed by atoms with van der Waals surface area (Å²) in [6.07, 6.45) is 0. The highest BCUT2D eigenvalue weighted by Crippen LogP contribution is 2.25. The molecule has 16 heavy (non-hydrogen) atoms. The number of alkyl halides is 1. The molecule has 1 aromatic carbocycles. The zero-order valence-corrected chi connectivity index (χ0v) is 9.58. The number of benzene rings is 1. The predicted octanol–water partition coefficient (Wildman–Crippen LogP) is 2.43. The van der Waals surface area contributed by atoms with Crippen molar-refractivity contribution in [3.63, 3.8) is 0 Å². The summed E-state index contributed by atoms with van der Waals surface area (Å²) in [6, 6.07) is 2.72. The number of rotatable bonds is 3. The Bertz CT molecular complexity index is 445. The second-order valence-corrected chi connectivity index (χ2v) is 3.45. The van der Waals surface area contributed by atoms with Crippen LogP contribution in [0, 0.1) is 17.0 Å². The van der Waals surface area contributed by atoms with Crippen molar-refractivity contribution in [2.75, 3.05) is 7.11 Å². The molecule has 0 aliphatic carbocycles. The van der Waals surface area contributed by atoms with Gasteiger partial charge in [-0.15, -0.1) is 11.6 Å². The lowest BCUT2D eigenvalue weighted by Gasteiger charge is -2.06. The first-order chi connectivity index (χ1) is 7.51. The Morgan fingerprint density at radius 2 is 2.19 bits per heavy atom. The lowest BCUT2D eigenvalue weighted by molar-refractivity contribution is -0.385. The summed E-state index contributed by atoms with van der Waals surface area (Å²) < 4.78 is 4.48. The third-order valence-electron chi connectivity index (χ3n) is 2.20. The molecule has 0 spiro atoms. The Labute approximate surface area is 97.1 Å². The van der Waals surface area contributed by atoms with Crippen LogP contribution in [0.3, 0.4) is 0 Å². The smallest absolute Gasteiger partial charge is 0.344 e. The number of esters is 1. The van der Waals surface area contributed by atoms with Gasteiger partial charge in [-0.2, -0.15) is 0 Å². The van der Waals surface area contributed by atoms with Gasteiger partial charge in [-0.25, -0.2) is 4.79 Å². The Kier molecular flexibility index (Phi) is 3.84. The van der Waals surface area contributed by atoms with Crippen LogP contribution in [0.15, 0.2) is 12.1 Å². The summed E-state index contributed by atoms with van der Waals surface area (Å²) in [5, 5.41) is 10.8. The van der Waals surface area contributed by atoms with Crippen LogP contribution >= 0.6 is 11.6 Å². The molecular formula is C10H10ClNO4. The van der Waals surface area contributed by atoms with Gasteiger partial charge in [0.15, 0.2) is 0 Å². The summed E-state index contributed by atoms with van der Waals surface area (Å²) in [5.74, 6) is -0.565. The average Bonchev–Trinajstić information content (AvgIpc) is 2.27. The van der Waals surface area contributed by atoms with E-state index >= 15 is 0 Å². The molecule has 0 aliphatic rings. The lowest BCUT2D eigenvalue weighted by Crippen LogP contribution is -2.07. The van der Waals surface area contributed by atoms with Crippen molar-refractivity contribution in [2.24, 2.45) is 0 Å². The van der Waals surface area contributed by atoms with Crippen LogP contribution in [0.2, 0.25) is 0 Å². The number of nitrogens with zero attached hydrogens (tertiary/aromatic N) is 1. The number of methoxy groups -OCH3 is 1. The zero-order valence-electron chi connectivity index (χ0n) is 8.82. The molecule has 0 bridgehead atoms. The summed E-state index contributed by atoms with van der Waals surface area (Å²) in [6.45, 7) is 1.73. The van der Waals surface area contributed by atoms with Gasteiger partial charge in [0.05, 0.1) is 12.0 Å². The van der Waals surface area contributed by atoms with Crippen molar-refractivity contribution in [1.82, 2.24) is 0 Å². The Hall–Kier alpha value is -1.62. The summed E-state index contributed by atoms with van der Waals surface area (Å²) in [5.41, 5.74) is 1.01. The first-order valence-corrected chi connectivity index (χ1v) is 4.97. The fraction of sp³-hybridized carbons (Fsp3) is 0.300. The molecule has 0 radical (unpaired) electrons. The van der Waals surface area contributed by atoms with Crippen molar-refractivity contribution in [2.45, 2.75) is 12.8 Å². The highest BCUT2D eigenvalue weighted by Gasteiger charge is 2.22. The van der Waals surface area contributed by atoms with Gasteiger partial charge in [0.1, 0.15) is 5.56 Å². The molecule has 6 heteroatoms. The van der Waals surface area contributed by atoms with Crippen molar-refractivity contribution < 1.29 is 14.5 Å². The Morgan fingerprint density at radius 3 is 2.62 bits per heavy atom. The van der Waals surface area contributed by atoms with Gasteiger partial charge < -0.3 is 4.74 Å². The van der Waals surface area contributed by atoms with Crippen LogP contribution in [0.5, 0.6) is 0 Å². The van der Waals surface area contributed by atoms with Crippen molar-refractivity contribution in [3.05, 3.63) is 38.9 Å². The molecule has 0 aliphatic heterocycles. The van der Waals surface area contributed by atoms with E-state index in [1.54, 1.807) is 6.92 Å². The molecule has 5 nitrogen and oxygen atoms in total. The largest absolute Gasteiger partial charge is 0.465 e. The van der Waals surface area contributed by atoms with E-state index in [1.165, 1.54) is 19.2 Å². The van der Waals surface area contributed by atoms with Gasteiger partial charge in [-0.3, -0.25) is 10.1 Å². The van der Waals surface area contributed by atoms with Gasteiger partial charge >= 0.3 is 5.97 Å². The van der Waals surface area contributed by atoms with Gasteiger partial charge in [0.2, 0.25) is 0 Å². The molecule has 0 atom stereocenters. The van der Waals surface area contributed by atoms with E-state index in [2.05, 4.69) is 4.74 Å². The average molecular weight is 244 g/mol. The first-order valence-electron chi connectivity index (χ1n) is 4.43. The van der Waals surface area contributed by atoms with Crippen LogP contribution < -0.4 is 0 Å². The second-order valence-electron chi connectivity index (χ2n) is 3.18. The van der Waals surface area contributed by atoms with Gasteiger partial charge in [-0.05, 0) is 24.1 Å². The van der Waals surface area contributed by atoms with E-state index in [0.29, 0.717) is 5.56 Å². The monoisotopic (exact) mass is 243 g/mol. The van der Waals surface area contributed by atoms with Gasteiger partial charge in [0, 0.05) is 11.9 Å². The molecule has 0 saturated heterocycles. The quantitative estimate of drug-likeness (QED) is 0.354. The van der Waals surface area contributed by atoms with Crippen LogP contribution in [0.25, 0.3) is 0 Å². The predicted molar refractivity (Wildman–Crippen MR) is 58.7 cm³/mol. The minimum absolute atomic E-state index is 0.0566. The number of nitro benzene ring substituents is 1. The van der Waals surface area contributed by atoms with Gasteiger partial charge in [-0.1, -0.05) is 0 Å². The summed E-state index contributed by atoms with van der Waals surface area (Å²) in [4.78, 5) is 21.5. The Balaban J connectivity index is 3.42. The second kappa shape index (κ2) is 4.94. The van der Waals surface area contributed by atoms with Crippen LogP contribution in [-0.2, 0) is 10.6 Å². The molecule has 0 fully saturated rings. The molecule has 0 heterocycles. The number of nitro groups is 1. The first kappa shape index (κ1) is 12.4. The van der Waals surface area contributed by atoms with E-state index in [1.807, 2.05) is 0 Å². The lowest BCUT2D eigenvalue weighted by atomic mass is 10.0. The third kappa shape index (κ3) is 2.30. The van der Waals surface area contributed by atoms with Crippen LogP contribution in [0.4, 0.5) is 5.69 Å². The maximum atomic E-state index is 11.3.